The van der Waals surface area contributed by atoms with Gasteiger partial charge in [0.05, 0.1) is 23.6 Å². The molecule has 0 aliphatic carbocycles. The van der Waals surface area contributed by atoms with Crippen LogP contribution in [0, 0.1) is 5.82 Å². The number of halogens is 1. The van der Waals surface area contributed by atoms with Crippen LogP contribution in [0.15, 0.2) is 70.0 Å². The van der Waals surface area contributed by atoms with Crippen LogP contribution in [0.5, 0.6) is 0 Å². The Morgan fingerprint density at radius 3 is 2.48 bits per heavy atom. The first-order valence-electron chi connectivity index (χ1n) is 9.16. The highest BCUT2D eigenvalue weighted by Crippen LogP contribution is 2.38. The molecule has 3 aromatic rings. The van der Waals surface area contributed by atoms with Gasteiger partial charge in [-0.25, -0.2) is 12.8 Å². The van der Waals surface area contributed by atoms with E-state index in [2.05, 4.69) is 0 Å². The molecule has 1 aliphatic heterocycles. The summed E-state index contributed by atoms with van der Waals surface area (Å²) >= 11 is 0. The van der Waals surface area contributed by atoms with E-state index in [9.17, 15) is 23.0 Å². The molecule has 0 fully saturated rings. The molecule has 0 spiro atoms. The van der Waals surface area contributed by atoms with Gasteiger partial charge in [0.1, 0.15) is 17.3 Å². The quantitative estimate of drug-likeness (QED) is 0.666. The van der Waals surface area contributed by atoms with Gasteiger partial charge in [-0.15, -0.1) is 0 Å². The van der Waals surface area contributed by atoms with Gasteiger partial charge in [0.15, 0.2) is 0 Å². The van der Waals surface area contributed by atoms with Crippen molar-refractivity contribution in [2.45, 2.75) is 23.5 Å². The van der Waals surface area contributed by atoms with Gasteiger partial charge in [-0.05, 0) is 42.5 Å². The van der Waals surface area contributed by atoms with Crippen molar-refractivity contribution in [1.82, 2.24) is 4.31 Å². The monoisotopic (exact) mass is 417 g/mol. The summed E-state index contributed by atoms with van der Waals surface area (Å²) in [4.78, 5) is 0.0450. The van der Waals surface area contributed by atoms with Gasteiger partial charge in [0.25, 0.3) is 0 Å². The van der Waals surface area contributed by atoms with Crippen molar-refractivity contribution in [3.63, 3.8) is 0 Å². The Morgan fingerprint density at radius 1 is 1.03 bits per heavy atom. The van der Waals surface area contributed by atoms with Crippen LogP contribution in [0.3, 0.4) is 0 Å². The van der Waals surface area contributed by atoms with Crippen LogP contribution in [0.25, 0.3) is 11.3 Å². The summed E-state index contributed by atoms with van der Waals surface area (Å²) < 4.78 is 46.2. The standard InChI is InChI=1S/C21H20FNO5S/c22-15-7-5-14(6-8-15)19-10-9-16(28-19)13-18-21(25)17-3-1-2-4-20(17)29(26,27)23(18)11-12-24/h1-10,18,21,24-25H,11-13H2/t18-,21+/m0/s1. The van der Waals surface area contributed by atoms with Crippen LogP contribution >= 0.6 is 0 Å². The maximum atomic E-state index is 13.1. The summed E-state index contributed by atoms with van der Waals surface area (Å²) in [5.41, 5.74) is 1.02. The van der Waals surface area contributed by atoms with E-state index in [-0.39, 0.29) is 30.3 Å². The van der Waals surface area contributed by atoms with Gasteiger partial charge in [-0.2, -0.15) is 4.31 Å². The van der Waals surface area contributed by atoms with E-state index in [1.807, 2.05) is 0 Å². The average molecular weight is 417 g/mol. The molecule has 0 radical (unpaired) electrons. The molecule has 1 aliphatic rings. The number of benzene rings is 2. The molecule has 0 unspecified atom stereocenters. The number of aliphatic hydroxyl groups excluding tert-OH is 2. The molecule has 2 heterocycles. The zero-order valence-electron chi connectivity index (χ0n) is 15.4. The average Bonchev–Trinajstić information content (AvgIpc) is 3.18. The van der Waals surface area contributed by atoms with E-state index >= 15 is 0 Å². The van der Waals surface area contributed by atoms with Crippen LogP contribution in [-0.4, -0.2) is 42.1 Å². The predicted octanol–water partition coefficient (Wildman–Crippen LogP) is 2.73. The van der Waals surface area contributed by atoms with Crippen LogP contribution in [-0.2, 0) is 16.4 Å². The minimum absolute atomic E-state index is 0.0450. The minimum Gasteiger partial charge on any atom is -0.461 e. The number of hydrogen-bond donors (Lipinski definition) is 2. The minimum atomic E-state index is -3.87. The van der Waals surface area contributed by atoms with Crippen LogP contribution < -0.4 is 0 Å². The topological polar surface area (TPSA) is 91.0 Å². The number of furan rings is 1. The molecule has 0 saturated heterocycles. The van der Waals surface area contributed by atoms with Crippen molar-refractivity contribution < 1.29 is 27.4 Å². The van der Waals surface area contributed by atoms with Gasteiger partial charge in [-0.3, -0.25) is 0 Å². The van der Waals surface area contributed by atoms with Crippen molar-refractivity contribution in [3.05, 3.63) is 77.8 Å². The van der Waals surface area contributed by atoms with Crippen molar-refractivity contribution in [1.29, 1.82) is 0 Å². The molecule has 2 N–H and O–H groups in total. The fourth-order valence-corrected chi connectivity index (χ4v) is 5.55. The van der Waals surface area contributed by atoms with E-state index in [1.54, 1.807) is 42.5 Å². The summed E-state index contributed by atoms with van der Waals surface area (Å²) in [6.45, 7) is -0.506. The van der Waals surface area contributed by atoms with E-state index < -0.39 is 22.2 Å². The number of aliphatic hydroxyl groups is 2. The lowest BCUT2D eigenvalue weighted by Gasteiger charge is -2.38. The first-order valence-corrected chi connectivity index (χ1v) is 10.6. The Balaban J connectivity index is 1.68. The highest BCUT2D eigenvalue weighted by molar-refractivity contribution is 7.89. The maximum absolute atomic E-state index is 13.1. The number of sulfonamides is 1. The molecule has 0 amide bonds. The summed E-state index contributed by atoms with van der Waals surface area (Å²) in [5, 5.41) is 20.3. The Labute approximate surface area is 167 Å². The zero-order valence-corrected chi connectivity index (χ0v) is 16.2. The molecule has 1 aromatic heterocycles. The number of hydrogen-bond acceptors (Lipinski definition) is 5. The SMILES string of the molecule is O=S1(=O)c2ccccc2[C@@H](O)[C@H](Cc2ccc(-c3ccc(F)cc3)o2)N1CCO. The van der Waals surface area contributed by atoms with Gasteiger partial charge in [0, 0.05) is 24.1 Å². The highest BCUT2D eigenvalue weighted by Gasteiger charge is 2.43. The van der Waals surface area contributed by atoms with Gasteiger partial charge in [-0.1, -0.05) is 18.2 Å². The normalized spacial score (nSPS) is 21.1. The summed E-state index contributed by atoms with van der Waals surface area (Å²) in [6, 6.07) is 14.8. The van der Waals surface area contributed by atoms with E-state index in [4.69, 9.17) is 4.42 Å². The molecule has 0 saturated carbocycles. The predicted molar refractivity (Wildman–Crippen MR) is 104 cm³/mol. The second-order valence-corrected chi connectivity index (χ2v) is 8.73. The van der Waals surface area contributed by atoms with E-state index in [0.717, 1.165) is 4.31 Å². The molecule has 0 bridgehead atoms. The van der Waals surface area contributed by atoms with E-state index in [0.29, 0.717) is 22.6 Å². The molecule has 6 nitrogen and oxygen atoms in total. The molecule has 152 valence electrons. The lowest BCUT2D eigenvalue weighted by molar-refractivity contribution is 0.0698. The number of nitrogens with zero attached hydrogens (tertiary/aromatic N) is 1. The van der Waals surface area contributed by atoms with Crippen LogP contribution in [0.2, 0.25) is 0 Å². The Kier molecular flexibility index (Phi) is 5.26. The third kappa shape index (κ3) is 3.60. The summed E-state index contributed by atoms with van der Waals surface area (Å²) in [7, 11) is -3.87. The molecule has 2 aromatic carbocycles. The number of fused-ring (bicyclic) bond motifs is 1. The van der Waals surface area contributed by atoms with Crippen LogP contribution in [0.1, 0.15) is 17.4 Å². The Bertz CT molecular complexity index is 1110. The maximum Gasteiger partial charge on any atom is 0.243 e. The molecular weight excluding hydrogens is 397 g/mol. The third-order valence-corrected chi connectivity index (χ3v) is 7.08. The fourth-order valence-electron chi connectivity index (χ4n) is 3.69. The molecule has 4 rings (SSSR count). The molecular formula is C21H20FNO5S. The van der Waals surface area contributed by atoms with Gasteiger partial charge in [0.2, 0.25) is 10.0 Å². The first kappa shape index (κ1) is 19.8. The summed E-state index contributed by atoms with van der Waals surface area (Å²) in [5.74, 6) is 0.641. The summed E-state index contributed by atoms with van der Waals surface area (Å²) in [6.07, 6.45) is -0.948. The van der Waals surface area contributed by atoms with Crippen molar-refractivity contribution in [2.24, 2.45) is 0 Å². The second-order valence-electron chi connectivity index (χ2n) is 6.87. The zero-order chi connectivity index (χ0) is 20.6. The first-order chi connectivity index (χ1) is 13.9. The highest BCUT2D eigenvalue weighted by atomic mass is 32.2. The Morgan fingerprint density at radius 2 is 1.76 bits per heavy atom. The molecule has 29 heavy (non-hydrogen) atoms. The largest absolute Gasteiger partial charge is 0.461 e. The van der Waals surface area contributed by atoms with Crippen molar-refractivity contribution >= 4 is 10.0 Å². The fraction of sp³-hybridized carbons (Fsp3) is 0.238. The number of β-amino-alcohol motifs (C(OH)–C–C–N with tert-alkyl or cyclic N) is 1. The lowest BCUT2D eigenvalue weighted by Crippen LogP contribution is -2.50. The van der Waals surface area contributed by atoms with Gasteiger partial charge >= 0.3 is 0 Å². The lowest BCUT2D eigenvalue weighted by atomic mass is 9.98. The van der Waals surface area contributed by atoms with E-state index in [1.165, 1.54) is 18.2 Å². The van der Waals surface area contributed by atoms with Gasteiger partial charge < -0.3 is 14.6 Å². The second kappa shape index (κ2) is 7.72. The van der Waals surface area contributed by atoms with Crippen molar-refractivity contribution in [2.75, 3.05) is 13.2 Å². The number of rotatable bonds is 5. The smallest absolute Gasteiger partial charge is 0.243 e. The third-order valence-electron chi connectivity index (χ3n) is 5.08. The molecule has 8 heteroatoms. The van der Waals surface area contributed by atoms with Crippen molar-refractivity contribution in [3.8, 4) is 11.3 Å². The Hall–Kier alpha value is -2.52. The molecule has 2 atom stereocenters. The van der Waals surface area contributed by atoms with Crippen LogP contribution in [0.4, 0.5) is 4.39 Å².